The maximum Gasteiger partial charge on any atom is 0.256 e. The van der Waals surface area contributed by atoms with Gasteiger partial charge in [0.05, 0.1) is 17.5 Å². The van der Waals surface area contributed by atoms with Gasteiger partial charge in [-0.2, -0.15) is 0 Å². The molecule has 1 saturated heterocycles. The van der Waals surface area contributed by atoms with Gasteiger partial charge in [0.2, 0.25) is 15.9 Å². The number of hydrogen-bond donors (Lipinski definition) is 2. The quantitative estimate of drug-likeness (QED) is 0.652. The lowest BCUT2D eigenvalue weighted by Crippen LogP contribution is -2.54. The number of carbonyl (C=O) groups is 2. The molecule has 2 aromatic rings. The summed E-state index contributed by atoms with van der Waals surface area (Å²) >= 11 is 0. The Morgan fingerprint density at radius 3 is 2.32 bits per heavy atom. The minimum Gasteiger partial charge on any atom is -0.326 e. The van der Waals surface area contributed by atoms with E-state index in [9.17, 15) is 18.0 Å². The Bertz CT molecular complexity index is 1240. The standard InChI is InChI=1S/C26H31N3O4S/c1-26(2,3)19-10-7-17(8-11-19)5-6-18-9-12-22-21(15-18)25(31)29-14-13-20(28-34(4,32)33)16-23(29)24(30)27-22/h5-12,15,20,23,28H,13-14,16H2,1-4H3,(H,27,30)/t20-,23-/m0/s1. The van der Waals surface area contributed by atoms with Crippen LogP contribution in [0, 0.1) is 0 Å². The fourth-order valence-electron chi connectivity index (χ4n) is 4.48. The Morgan fingerprint density at radius 2 is 1.68 bits per heavy atom. The third kappa shape index (κ3) is 5.39. The van der Waals surface area contributed by atoms with Crippen LogP contribution >= 0.6 is 0 Å². The molecule has 0 unspecified atom stereocenters. The molecular weight excluding hydrogens is 450 g/mol. The summed E-state index contributed by atoms with van der Waals surface area (Å²) in [6.45, 7) is 6.85. The van der Waals surface area contributed by atoms with Crippen LogP contribution in [0.25, 0.3) is 12.2 Å². The fraction of sp³-hybridized carbons (Fsp3) is 0.385. The molecule has 2 N–H and O–H groups in total. The first-order chi connectivity index (χ1) is 15.9. The average molecular weight is 482 g/mol. The number of nitrogens with zero attached hydrogens (tertiary/aromatic N) is 1. The van der Waals surface area contributed by atoms with Crippen molar-refractivity contribution in [3.8, 4) is 0 Å². The van der Waals surface area contributed by atoms with Gasteiger partial charge in [0.15, 0.2) is 0 Å². The maximum atomic E-state index is 13.3. The summed E-state index contributed by atoms with van der Waals surface area (Å²) in [5.74, 6) is -0.518. The van der Waals surface area contributed by atoms with E-state index in [1.807, 2.05) is 18.2 Å². The molecular formula is C26H31N3O4S. The second-order valence-electron chi connectivity index (χ2n) is 10.1. The molecule has 0 spiro atoms. The van der Waals surface area contributed by atoms with Crippen molar-refractivity contribution < 1.29 is 18.0 Å². The predicted octanol–water partition coefficient (Wildman–Crippen LogP) is 3.63. The number of piperidine rings is 1. The number of sulfonamides is 1. The SMILES string of the molecule is CC(C)(C)c1ccc(C=Cc2ccc3c(c2)C(=O)N2CC[C@H](NS(C)(=O)=O)C[C@H]2C(=O)N3)cc1. The van der Waals surface area contributed by atoms with Gasteiger partial charge in [0.1, 0.15) is 6.04 Å². The average Bonchev–Trinajstić information content (AvgIpc) is 2.85. The Hall–Kier alpha value is -2.97. The van der Waals surface area contributed by atoms with E-state index >= 15 is 0 Å². The van der Waals surface area contributed by atoms with Crippen LogP contribution in [-0.2, 0) is 20.2 Å². The lowest BCUT2D eigenvalue weighted by atomic mass is 9.87. The zero-order valence-electron chi connectivity index (χ0n) is 20.0. The number of hydrogen-bond acceptors (Lipinski definition) is 4. The minimum atomic E-state index is -3.39. The Balaban J connectivity index is 1.54. The number of nitrogens with one attached hydrogen (secondary N) is 2. The number of carbonyl (C=O) groups excluding carboxylic acids is 2. The highest BCUT2D eigenvalue weighted by Gasteiger charge is 2.40. The lowest BCUT2D eigenvalue weighted by Gasteiger charge is -2.37. The summed E-state index contributed by atoms with van der Waals surface area (Å²) in [5, 5.41) is 2.85. The van der Waals surface area contributed by atoms with Crippen molar-refractivity contribution in [2.45, 2.75) is 51.1 Å². The van der Waals surface area contributed by atoms with E-state index in [1.165, 1.54) is 5.56 Å². The first kappa shape index (κ1) is 24.2. The third-order valence-corrected chi connectivity index (χ3v) is 7.09. The van der Waals surface area contributed by atoms with Gasteiger partial charge in [-0.15, -0.1) is 0 Å². The summed E-state index contributed by atoms with van der Waals surface area (Å²) in [6.07, 6.45) is 5.75. The van der Waals surface area contributed by atoms with Crippen LogP contribution in [0.2, 0.25) is 0 Å². The molecule has 8 heteroatoms. The van der Waals surface area contributed by atoms with Crippen molar-refractivity contribution in [1.29, 1.82) is 0 Å². The molecule has 2 heterocycles. The van der Waals surface area contributed by atoms with Crippen molar-refractivity contribution in [3.63, 3.8) is 0 Å². The summed E-state index contributed by atoms with van der Waals surface area (Å²) in [6, 6.07) is 12.7. The van der Waals surface area contributed by atoms with Crippen LogP contribution in [-0.4, -0.2) is 50.0 Å². The van der Waals surface area contributed by atoms with Gasteiger partial charge in [-0.3, -0.25) is 9.59 Å². The maximum absolute atomic E-state index is 13.3. The van der Waals surface area contributed by atoms with Gasteiger partial charge >= 0.3 is 0 Å². The highest BCUT2D eigenvalue weighted by molar-refractivity contribution is 7.88. The molecule has 180 valence electrons. The van der Waals surface area contributed by atoms with E-state index in [-0.39, 0.29) is 29.7 Å². The van der Waals surface area contributed by atoms with Crippen LogP contribution in [0.3, 0.4) is 0 Å². The summed E-state index contributed by atoms with van der Waals surface area (Å²) in [7, 11) is -3.39. The first-order valence-corrected chi connectivity index (χ1v) is 13.3. The predicted molar refractivity (Wildman–Crippen MR) is 135 cm³/mol. The largest absolute Gasteiger partial charge is 0.326 e. The summed E-state index contributed by atoms with van der Waals surface area (Å²) in [5.41, 5.74) is 4.19. The van der Waals surface area contributed by atoms with E-state index in [4.69, 9.17) is 0 Å². The highest BCUT2D eigenvalue weighted by atomic mass is 32.2. The van der Waals surface area contributed by atoms with E-state index < -0.39 is 16.1 Å². The van der Waals surface area contributed by atoms with E-state index in [2.05, 4.69) is 55.1 Å². The number of benzene rings is 2. The van der Waals surface area contributed by atoms with Crippen molar-refractivity contribution in [2.75, 3.05) is 18.1 Å². The number of amides is 2. The van der Waals surface area contributed by atoms with E-state index in [1.54, 1.807) is 17.0 Å². The van der Waals surface area contributed by atoms with Gasteiger partial charge < -0.3 is 10.2 Å². The minimum absolute atomic E-state index is 0.0945. The topological polar surface area (TPSA) is 95.6 Å². The number of anilines is 1. The molecule has 0 aromatic heterocycles. The van der Waals surface area contributed by atoms with E-state index in [0.717, 1.165) is 17.4 Å². The molecule has 1 fully saturated rings. The zero-order chi connectivity index (χ0) is 24.7. The van der Waals surface area contributed by atoms with Crippen LogP contribution in [0.4, 0.5) is 5.69 Å². The molecule has 0 aliphatic carbocycles. The molecule has 2 amide bonds. The molecule has 4 rings (SSSR count). The number of fused-ring (bicyclic) bond motifs is 2. The van der Waals surface area contributed by atoms with Crippen LogP contribution in [0.5, 0.6) is 0 Å². The van der Waals surface area contributed by atoms with Gasteiger partial charge in [-0.25, -0.2) is 13.1 Å². The monoisotopic (exact) mass is 481 g/mol. The molecule has 34 heavy (non-hydrogen) atoms. The molecule has 2 aliphatic heterocycles. The molecule has 7 nitrogen and oxygen atoms in total. The van der Waals surface area contributed by atoms with Crippen LogP contribution < -0.4 is 10.0 Å². The Kier molecular flexibility index (Phi) is 6.40. The summed E-state index contributed by atoms with van der Waals surface area (Å²) < 4.78 is 25.8. The second-order valence-corrected chi connectivity index (χ2v) is 11.9. The normalized spacial score (nSPS) is 21.1. The Morgan fingerprint density at radius 1 is 1.03 bits per heavy atom. The van der Waals surface area contributed by atoms with Gasteiger partial charge in [-0.05, 0) is 47.1 Å². The van der Waals surface area contributed by atoms with Crippen molar-refractivity contribution in [3.05, 3.63) is 64.7 Å². The van der Waals surface area contributed by atoms with Gasteiger partial charge in [-0.1, -0.05) is 63.3 Å². The van der Waals surface area contributed by atoms with Crippen molar-refractivity contribution in [2.24, 2.45) is 0 Å². The summed E-state index contributed by atoms with van der Waals surface area (Å²) in [4.78, 5) is 27.8. The first-order valence-electron chi connectivity index (χ1n) is 11.4. The fourth-order valence-corrected chi connectivity index (χ4v) is 5.30. The van der Waals surface area contributed by atoms with Crippen molar-refractivity contribution in [1.82, 2.24) is 9.62 Å². The molecule has 2 aromatic carbocycles. The molecule has 0 saturated carbocycles. The number of rotatable bonds is 4. The van der Waals surface area contributed by atoms with Crippen molar-refractivity contribution >= 4 is 39.7 Å². The Labute approximate surface area is 201 Å². The zero-order valence-corrected chi connectivity index (χ0v) is 20.8. The molecule has 2 atom stereocenters. The van der Waals surface area contributed by atoms with Crippen LogP contribution in [0.15, 0.2) is 42.5 Å². The second kappa shape index (κ2) is 9.00. The van der Waals surface area contributed by atoms with E-state index in [0.29, 0.717) is 24.2 Å². The molecule has 2 aliphatic rings. The van der Waals surface area contributed by atoms with Gasteiger partial charge in [0, 0.05) is 12.6 Å². The smallest absolute Gasteiger partial charge is 0.256 e. The van der Waals surface area contributed by atoms with Crippen LogP contribution in [0.1, 0.15) is 60.7 Å². The third-order valence-electron chi connectivity index (χ3n) is 6.32. The molecule has 0 radical (unpaired) electrons. The van der Waals surface area contributed by atoms with Gasteiger partial charge in [0.25, 0.3) is 5.91 Å². The highest BCUT2D eigenvalue weighted by Crippen LogP contribution is 2.30. The molecule has 0 bridgehead atoms. The lowest BCUT2D eigenvalue weighted by molar-refractivity contribution is -0.121.